The smallest absolute Gasteiger partial charge is 0.0291 e. The molecule has 0 heterocycles. The molecule has 1 nitrogen and oxygen atoms in total. The zero-order valence-corrected chi connectivity index (χ0v) is 11.0. The predicted octanol–water partition coefficient (Wildman–Crippen LogP) is 3.81. The fourth-order valence-electron chi connectivity index (χ4n) is 1.67. The molecule has 1 N–H and O–H groups in total. The van der Waals surface area contributed by atoms with Gasteiger partial charge in [0, 0.05) is 18.5 Å². The van der Waals surface area contributed by atoms with Gasteiger partial charge in [-0.05, 0) is 31.1 Å². The molecular formula is C12H26ClN. The topological polar surface area (TPSA) is 12.0 Å². The van der Waals surface area contributed by atoms with Crippen LogP contribution < -0.4 is 5.32 Å². The highest BCUT2D eigenvalue weighted by Gasteiger charge is 2.25. The maximum atomic E-state index is 6.05. The summed E-state index contributed by atoms with van der Waals surface area (Å²) in [5.74, 6) is 0.771. The van der Waals surface area contributed by atoms with E-state index in [-0.39, 0.29) is 0 Å². The van der Waals surface area contributed by atoms with Crippen molar-refractivity contribution in [1.29, 1.82) is 0 Å². The van der Waals surface area contributed by atoms with Crippen LogP contribution in [0.15, 0.2) is 0 Å². The van der Waals surface area contributed by atoms with Crippen LogP contribution in [0.3, 0.4) is 0 Å². The van der Waals surface area contributed by atoms with Crippen LogP contribution in [0.1, 0.15) is 53.4 Å². The lowest BCUT2D eigenvalue weighted by Crippen LogP contribution is -2.40. The fourth-order valence-corrected chi connectivity index (χ4v) is 2.15. The van der Waals surface area contributed by atoms with E-state index in [1.165, 1.54) is 25.7 Å². The molecule has 0 saturated carbocycles. The molecule has 0 spiro atoms. The first-order chi connectivity index (χ1) is 6.67. The van der Waals surface area contributed by atoms with E-state index in [1.54, 1.807) is 0 Å². The molecule has 0 aliphatic heterocycles. The summed E-state index contributed by atoms with van der Waals surface area (Å²) in [6.07, 6.45) is 4.75. The summed E-state index contributed by atoms with van der Waals surface area (Å²) < 4.78 is 0. The normalized spacial score (nSPS) is 12.4. The van der Waals surface area contributed by atoms with Crippen molar-refractivity contribution in [2.75, 3.05) is 12.4 Å². The number of nitrogens with one attached hydrogen (secondary N) is 1. The molecular weight excluding hydrogens is 194 g/mol. The first kappa shape index (κ1) is 14.2. The van der Waals surface area contributed by atoms with Crippen molar-refractivity contribution in [3.8, 4) is 0 Å². The van der Waals surface area contributed by atoms with Gasteiger partial charge in [0.15, 0.2) is 0 Å². The standard InChI is InChI=1S/C12H26ClN/c1-5-11(6-2)14-10-12(7-3,8-4)9-13/h11,14H,5-10H2,1-4H3. The summed E-state index contributed by atoms with van der Waals surface area (Å²) in [7, 11) is 0. The number of hydrogen-bond donors (Lipinski definition) is 1. The van der Waals surface area contributed by atoms with E-state index in [4.69, 9.17) is 11.6 Å². The third-order valence-corrected chi connectivity index (χ3v) is 4.10. The summed E-state index contributed by atoms with van der Waals surface area (Å²) >= 11 is 6.05. The summed E-state index contributed by atoms with van der Waals surface area (Å²) in [6.45, 7) is 10.0. The van der Waals surface area contributed by atoms with E-state index in [1.807, 2.05) is 0 Å². The Morgan fingerprint density at radius 3 is 1.86 bits per heavy atom. The maximum absolute atomic E-state index is 6.05. The van der Waals surface area contributed by atoms with Crippen LogP contribution >= 0.6 is 11.6 Å². The van der Waals surface area contributed by atoms with Gasteiger partial charge >= 0.3 is 0 Å². The molecule has 0 aromatic heterocycles. The second-order valence-corrected chi connectivity index (χ2v) is 4.50. The van der Waals surface area contributed by atoms with E-state index >= 15 is 0 Å². The highest BCUT2D eigenvalue weighted by atomic mass is 35.5. The van der Waals surface area contributed by atoms with Gasteiger partial charge in [0.05, 0.1) is 0 Å². The van der Waals surface area contributed by atoms with Crippen molar-refractivity contribution in [3.05, 3.63) is 0 Å². The molecule has 0 unspecified atom stereocenters. The molecule has 0 aromatic rings. The molecule has 0 amide bonds. The summed E-state index contributed by atoms with van der Waals surface area (Å²) in [5.41, 5.74) is 0.310. The third kappa shape index (κ3) is 4.18. The molecule has 0 rings (SSSR count). The zero-order valence-electron chi connectivity index (χ0n) is 10.2. The van der Waals surface area contributed by atoms with Crippen molar-refractivity contribution in [2.45, 2.75) is 59.4 Å². The van der Waals surface area contributed by atoms with E-state index in [0.29, 0.717) is 11.5 Å². The van der Waals surface area contributed by atoms with Crippen molar-refractivity contribution in [3.63, 3.8) is 0 Å². The Kier molecular flexibility index (Phi) is 7.66. The SMILES string of the molecule is CCC(CC)NCC(CC)(CC)CCl. The van der Waals surface area contributed by atoms with Crippen LogP contribution in [0, 0.1) is 5.41 Å². The Labute approximate surface area is 94.6 Å². The average molecular weight is 220 g/mol. The van der Waals surface area contributed by atoms with Gasteiger partial charge in [-0.15, -0.1) is 11.6 Å². The van der Waals surface area contributed by atoms with Gasteiger partial charge in [0.25, 0.3) is 0 Å². The molecule has 0 saturated heterocycles. The van der Waals surface area contributed by atoms with Gasteiger partial charge in [-0.3, -0.25) is 0 Å². The molecule has 0 aromatic carbocycles. The van der Waals surface area contributed by atoms with Gasteiger partial charge < -0.3 is 5.32 Å². The minimum Gasteiger partial charge on any atom is -0.313 e. The van der Waals surface area contributed by atoms with Crippen LogP contribution in [-0.4, -0.2) is 18.5 Å². The quantitative estimate of drug-likeness (QED) is 0.613. The molecule has 0 radical (unpaired) electrons. The Morgan fingerprint density at radius 2 is 1.57 bits per heavy atom. The van der Waals surface area contributed by atoms with Crippen LogP contribution in [0.4, 0.5) is 0 Å². The predicted molar refractivity (Wildman–Crippen MR) is 66.1 cm³/mol. The van der Waals surface area contributed by atoms with Crippen LogP contribution in [0.5, 0.6) is 0 Å². The molecule has 0 atom stereocenters. The minimum absolute atomic E-state index is 0.310. The second kappa shape index (κ2) is 7.53. The lowest BCUT2D eigenvalue weighted by Gasteiger charge is -2.31. The highest BCUT2D eigenvalue weighted by Crippen LogP contribution is 2.27. The Hall–Kier alpha value is 0.250. The van der Waals surface area contributed by atoms with Gasteiger partial charge in [-0.1, -0.05) is 27.7 Å². The molecule has 2 heteroatoms. The number of halogens is 1. The second-order valence-electron chi connectivity index (χ2n) is 4.24. The maximum Gasteiger partial charge on any atom is 0.0291 e. The minimum atomic E-state index is 0.310. The first-order valence-electron chi connectivity index (χ1n) is 5.97. The van der Waals surface area contributed by atoms with Gasteiger partial charge in [-0.25, -0.2) is 0 Å². The summed E-state index contributed by atoms with van der Waals surface area (Å²) in [5, 5.41) is 3.63. The molecule has 0 bridgehead atoms. The van der Waals surface area contributed by atoms with Gasteiger partial charge in [0.2, 0.25) is 0 Å². The van der Waals surface area contributed by atoms with E-state index in [9.17, 15) is 0 Å². The number of rotatable bonds is 8. The lowest BCUT2D eigenvalue weighted by molar-refractivity contribution is 0.268. The van der Waals surface area contributed by atoms with Crippen LogP contribution in [0.2, 0.25) is 0 Å². The van der Waals surface area contributed by atoms with E-state index in [0.717, 1.165) is 12.4 Å². The van der Waals surface area contributed by atoms with Crippen molar-refractivity contribution < 1.29 is 0 Å². The molecule has 14 heavy (non-hydrogen) atoms. The van der Waals surface area contributed by atoms with Gasteiger partial charge in [-0.2, -0.15) is 0 Å². The largest absolute Gasteiger partial charge is 0.313 e. The molecule has 0 aliphatic carbocycles. The van der Waals surface area contributed by atoms with Crippen LogP contribution in [0.25, 0.3) is 0 Å². The summed E-state index contributed by atoms with van der Waals surface area (Å²) in [4.78, 5) is 0. The fraction of sp³-hybridized carbons (Fsp3) is 1.00. The molecule has 0 aliphatic rings. The number of hydrogen-bond acceptors (Lipinski definition) is 1. The van der Waals surface area contributed by atoms with Crippen molar-refractivity contribution in [2.24, 2.45) is 5.41 Å². The monoisotopic (exact) mass is 219 g/mol. The van der Waals surface area contributed by atoms with Crippen molar-refractivity contribution >= 4 is 11.6 Å². The molecule has 0 fully saturated rings. The van der Waals surface area contributed by atoms with E-state index in [2.05, 4.69) is 33.0 Å². The van der Waals surface area contributed by atoms with Crippen molar-refractivity contribution in [1.82, 2.24) is 5.32 Å². The summed E-state index contributed by atoms with van der Waals surface area (Å²) in [6, 6.07) is 0.663. The Morgan fingerprint density at radius 1 is 1.07 bits per heavy atom. The van der Waals surface area contributed by atoms with E-state index < -0.39 is 0 Å². The molecule has 86 valence electrons. The highest BCUT2D eigenvalue weighted by molar-refractivity contribution is 6.18. The Balaban J connectivity index is 4.04. The average Bonchev–Trinajstić information content (AvgIpc) is 2.26. The van der Waals surface area contributed by atoms with Crippen LogP contribution in [-0.2, 0) is 0 Å². The third-order valence-electron chi connectivity index (χ3n) is 3.53. The Bertz CT molecular complexity index is 120. The zero-order chi connectivity index (χ0) is 11.0. The lowest BCUT2D eigenvalue weighted by atomic mass is 9.84. The first-order valence-corrected chi connectivity index (χ1v) is 6.50. The van der Waals surface area contributed by atoms with Gasteiger partial charge in [0.1, 0.15) is 0 Å². The number of alkyl halides is 1.